The number of ether oxygens (including phenoxy) is 1. The molecule has 0 bridgehead atoms. The second kappa shape index (κ2) is 6.76. The number of likely N-dealkylation sites (tertiary alicyclic amines) is 1. The lowest BCUT2D eigenvalue weighted by atomic mass is 10.2. The molecule has 3 nitrogen and oxygen atoms in total. The molecule has 0 radical (unpaired) electrons. The zero-order chi connectivity index (χ0) is 12.8. The molecule has 1 aromatic rings. The smallest absolute Gasteiger partial charge is 0.119 e. The number of nitrogens with zero attached hydrogens (tertiary/aromatic N) is 1. The van der Waals surface area contributed by atoms with Crippen LogP contribution in [-0.4, -0.2) is 31.1 Å². The molecule has 1 aliphatic heterocycles. The Hall–Kier alpha value is -1.06. The molecule has 1 aliphatic rings. The van der Waals surface area contributed by atoms with E-state index in [4.69, 9.17) is 10.5 Å². The first-order valence-corrected chi connectivity index (χ1v) is 6.92. The van der Waals surface area contributed by atoms with Gasteiger partial charge < -0.3 is 15.4 Å². The Kier molecular flexibility index (Phi) is 5.02. The molecule has 0 amide bonds. The lowest BCUT2D eigenvalue weighted by Gasteiger charge is -2.15. The Balaban J connectivity index is 1.62. The van der Waals surface area contributed by atoms with E-state index in [9.17, 15) is 0 Å². The molecule has 1 saturated heterocycles. The molecule has 2 N–H and O–H groups in total. The molecule has 1 unspecified atom stereocenters. The summed E-state index contributed by atoms with van der Waals surface area (Å²) in [6.07, 6.45) is 2.45. The predicted molar refractivity (Wildman–Crippen MR) is 74.7 cm³/mol. The van der Waals surface area contributed by atoms with E-state index in [2.05, 4.69) is 11.8 Å². The summed E-state index contributed by atoms with van der Waals surface area (Å²) in [7, 11) is 0. The Labute approximate surface area is 110 Å². The van der Waals surface area contributed by atoms with E-state index in [0.29, 0.717) is 6.54 Å². The van der Waals surface area contributed by atoms with Gasteiger partial charge in [0, 0.05) is 19.6 Å². The van der Waals surface area contributed by atoms with Crippen molar-refractivity contribution in [2.24, 2.45) is 11.7 Å². The van der Waals surface area contributed by atoms with Crippen LogP contribution in [0.5, 0.6) is 5.75 Å². The maximum Gasteiger partial charge on any atom is 0.119 e. The molecular weight excluding hydrogens is 224 g/mol. The maximum atomic E-state index is 5.72. The quantitative estimate of drug-likeness (QED) is 0.785. The van der Waals surface area contributed by atoms with Crippen LogP contribution in [0.4, 0.5) is 0 Å². The Morgan fingerprint density at radius 1 is 1.33 bits per heavy atom. The standard InChI is InChI=1S/C15H24N2O/c1-13-7-9-17(12-13)8-2-10-18-15-5-3-14(11-16)4-6-15/h3-6,13H,2,7-12,16H2,1H3. The van der Waals surface area contributed by atoms with Gasteiger partial charge in [-0.05, 0) is 43.0 Å². The van der Waals surface area contributed by atoms with Crippen molar-refractivity contribution in [3.63, 3.8) is 0 Å². The summed E-state index contributed by atoms with van der Waals surface area (Å²) in [6.45, 7) is 7.39. The fourth-order valence-electron chi connectivity index (χ4n) is 2.43. The zero-order valence-corrected chi connectivity index (χ0v) is 11.3. The summed E-state index contributed by atoms with van der Waals surface area (Å²) >= 11 is 0. The van der Waals surface area contributed by atoms with Gasteiger partial charge in [0.2, 0.25) is 0 Å². The summed E-state index contributed by atoms with van der Waals surface area (Å²) in [5.41, 5.74) is 6.70. The molecule has 1 atom stereocenters. The minimum absolute atomic E-state index is 0.591. The van der Waals surface area contributed by atoms with Crippen molar-refractivity contribution in [3.05, 3.63) is 29.8 Å². The highest BCUT2D eigenvalue weighted by Gasteiger charge is 2.17. The van der Waals surface area contributed by atoms with E-state index in [1.54, 1.807) is 0 Å². The first-order valence-electron chi connectivity index (χ1n) is 6.92. The van der Waals surface area contributed by atoms with E-state index >= 15 is 0 Å². The van der Waals surface area contributed by atoms with Crippen LogP contribution in [0.2, 0.25) is 0 Å². The van der Waals surface area contributed by atoms with Gasteiger partial charge in [-0.3, -0.25) is 0 Å². The molecule has 1 aromatic carbocycles. The Bertz CT molecular complexity index is 350. The zero-order valence-electron chi connectivity index (χ0n) is 11.3. The molecule has 0 spiro atoms. The summed E-state index contributed by atoms with van der Waals surface area (Å²) in [4.78, 5) is 2.53. The van der Waals surface area contributed by atoms with Crippen molar-refractivity contribution in [1.29, 1.82) is 0 Å². The van der Waals surface area contributed by atoms with Crippen molar-refractivity contribution < 1.29 is 4.74 Å². The summed E-state index contributed by atoms with van der Waals surface area (Å²) in [5.74, 6) is 1.82. The van der Waals surface area contributed by atoms with E-state index in [1.807, 2.05) is 24.3 Å². The van der Waals surface area contributed by atoms with Crippen LogP contribution in [-0.2, 0) is 6.54 Å². The highest BCUT2D eigenvalue weighted by atomic mass is 16.5. The molecule has 3 heteroatoms. The lowest BCUT2D eigenvalue weighted by molar-refractivity contribution is 0.259. The number of benzene rings is 1. The van der Waals surface area contributed by atoms with E-state index in [0.717, 1.165) is 36.8 Å². The summed E-state index contributed by atoms with van der Waals surface area (Å²) < 4.78 is 5.72. The van der Waals surface area contributed by atoms with Crippen molar-refractivity contribution in [2.75, 3.05) is 26.2 Å². The number of nitrogens with two attached hydrogens (primary N) is 1. The molecule has 0 aliphatic carbocycles. The molecule has 18 heavy (non-hydrogen) atoms. The highest BCUT2D eigenvalue weighted by Crippen LogP contribution is 2.15. The van der Waals surface area contributed by atoms with Crippen LogP contribution in [0.3, 0.4) is 0 Å². The van der Waals surface area contributed by atoms with Crippen LogP contribution in [0.25, 0.3) is 0 Å². The van der Waals surface area contributed by atoms with Crippen molar-refractivity contribution in [1.82, 2.24) is 4.90 Å². The molecule has 0 aromatic heterocycles. The van der Waals surface area contributed by atoms with Crippen LogP contribution >= 0.6 is 0 Å². The third kappa shape index (κ3) is 4.00. The van der Waals surface area contributed by atoms with Gasteiger partial charge in [0.1, 0.15) is 5.75 Å². The minimum Gasteiger partial charge on any atom is -0.494 e. The molecule has 2 rings (SSSR count). The maximum absolute atomic E-state index is 5.72. The second-order valence-corrected chi connectivity index (χ2v) is 5.24. The second-order valence-electron chi connectivity index (χ2n) is 5.24. The average molecular weight is 248 g/mol. The van der Waals surface area contributed by atoms with E-state index in [1.165, 1.54) is 19.5 Å². The predicted octanol–water partition coefficient (Wildman–Crippen LogP) is 2.26. The van der Waals surface area contributed by atoms with Gasteiger partial charge in [0.05, 0.1) is 6.61 Å². The molecular formula is C15H24N2O. The third-order valence-corrected chi connectivity index (χ3v) is 3.55. The molecule has 1 heterocycles. The fraction of sp³-hybridized carbons (Fsp3) is 0.600. The van der Waals surface area contributed by atoms with Gasteiger partial charge in [-0.1, -0.05) is 19.1 Å². The number of hydrogen-bond donors (Lipinski definition) is 1. The van der Waals surface area contributed by atoms with Crippen LogP contribution in [0.1, 0.15) is 25.3 Å². The van der Waals surface area contributed by atoms with E-state index < -0.39 is 0 Å². The molecule has 0 saturated carbocycles. The van der Waals surface area contributed by atoms with Gasteiger partial charge in [0.25, 0.3) is 0 Å². The third-order valence-electron chi connectivity index (χ3n) is 3.55. The Morgan fingerprint density at radius 2 is 2.11 bits per heavy atom. The summed E-state index contributed by atoms with van der Waals surface area (Å²) in [6, 6.07) is 8.05. The van der Waals surface area contributed by atoms with Crippen molar-refractivity contribution >= 4 is 0 Å². The first kappa shape index (κ1) is 13.4. The van der Waals surface area contributed by atoms with Crippen molar-refractivity contribution in [2.45, 2.75) is 26.3 Å². The summed E-state index contributed by atoms with van der Waals surface area (Å²) in [5, 5.41) is 0. The van der Waals surface area contributed by atoms with Gasteiger partial charge >= 0.3 is 0 Å². The van der Waals surface area contributed by atoms with Crippen LogP contribution < -0.4 is 10.5 Å². The van der Waals surface area contributed by atoms with Crippen LogP contribution in [0.15, 0.2) is 24.3 Å². The molecule has 100 valence electrons. The SMILES string of the molecule is CC1CCN(CCCOc2ccc(CN)cc2)C1. The van der Waals surface area contributed by atoms with Gasteiger partial charge in [-0.25, -0.2) is 0 Å². The monoisotopic (exact) mass is 248 g/mol. The minimum atomic E-state index is 0.591. The average Bonchev–Trinajstić information content (AvgIpc) is 2.81. The Morgan fingerprint density at radius 3 is 2.72 bits per heavy atom. The van der Waals surface area contributed by atoms with Gasteiger partial charge in [-0.15, -0.1) is 0 Å². The van der Waals surface area contributed by atoms with Crippen molar-refractivity contribution in [3.8, 4) is 5.75 Å². The number of rotatable bonds is 6. The van der Waals surface area contributed by atoms with Gasteiger partial charge in [-0.2, -0.15) is 0 Å². The van der Waals surface area contributed by atoms with E-state index in [-0.39, 0.29) is 0 Å². The normalized spacial score (nSPS) is 20.2. The first-order chi connectivity index (χ1) is 8.78. The highest BCUT2D eigenvalue weighted by molar-refractivity contribution is 5.26. The van der Waals surface area contributed by atoms with Crippen LogP contribution in [0, 0.1) is 5.92 Å². The fourth-order valence-corrected chi connectivity index (χ4v) is 2.43. The largest absolute Gasteiger partial charge is 0.494 e. The lowest BCUT2D eigenvalue weighted by Crippen LogP contribution is -2.22. The molecule has 1 fully saturated rings. The number of hydrogen-bond acceptors (Lipinski definition) is 3. The van der Waals surface area contributed by atoms with Gasteiger partial charge in [0.15, 0.2) is 0 Å². The topological polar surface area (TPSA) is 38.5 Å².